The molecule has 1 saturated carbocycles. The first-order valence-electron chi connectivity index (χ1n) is 4.34. The van der Waals surface area contributed by atoms with Gasteiger partial charge in [-0.2, -0.15) is 0 Å². The molecule has 14 heavy (non-hydrogen) atoms. The number of phenolic OH excluding ortho intramolecular Hbond substituents is 1. The molecule has 76 valence electrons. The highest BCUT2D eigenvalue weighted by Gasteiger charge is 2.70. The summed E-state index contributed by atoms with van der Waals surface area (Å²) in [6.07, 6.45) is -0.392. The highest BCUT2D eigenvalue weighted by atomic mass is 19.3. The molecule has 1 fully saturated rings. The fourth-order valence-corrected chi connectivity index (χ4v) is 1.62. The number of benzene rings is 1. The van der Waals surface area contributed by atoms with Crippen LogP contribution in [0.15, 0.2) is 18.2 Å². The van der Waals surface area contributed by atoms with E-state index in [1.165, 1.54) is 12.1 Å². The number of phenols is 1. The second kappa shape index (κ2) is 2.45. The SMILES string of the molecule is Cc1ccc(C2(N)CC2(F)F)c(O)c1. The van der Waals surface area contributed by atoms with Gasteiger partial charge in [0, 0.05) is 12.0 Å². The van der Waals surface area contributed by atoms with E-state index in [1.807, 2.05) is 0 Å². The predicted octanol–water partition coefficient (Wildman–Crippen LogP) is 1.89. The zero-order valence-electron chi connectivity index (χ0n) is 7.72. The molecule has 2 nitrogen and oxygen atoms in total. The van der Waals surface area contributed by atoms with E-state index in [0.717, 1.165) is 5.56 Å². The van der Waals surface area contributed by atoms with Crippen LogP contribution in [0.3, 0.4) is 0 Å². The Morgan fingerprint density at radius 1 is 1.43 bits per heavy atom. The summed E-state index contributed by atoms with van der Waals surface area (Å²) in [7, 11) is 0. The maximum absolute atomic E-state index is 12.9. The molecular formula is C10H11F2NO. The quantitative estimate of drug-likeness (QED) is 0.725. The first-order chi connectivity index (χ1) is 6.37. The molecule has 0 spiro atoms. The van der Waals surface area contributed by atoms with Gasteiger partial charge in [0.05, 0.1) is 0 Å². The molecule has 0 bridgehead atoms. The summed E-state index contributed by atoms with van der Waals surface area (Å²) in [6.45, 7) is 1.78. The van der Waals surface area contributed by atoms with Gasteiger partial charge >= 0.3 is 0 Å². The van der Waals surface area contributed by atoms with E-state index < -0.39 is 17.9 Å². The molecule has 0 radical (unpaired) electrons. The minimum Gasteiger partial charge on any atom is -0.508 e. The van der Waals surface area contributed by atoms with E-state index in [2.05, 4.69) is 0 Å². The Hall–Kier alpha value is -1.16. The Morgan fingerprint density at radius 2 is 2.00 bits per heavy atom. The maximum atomic E-state index is 12.9. The number of hydrogen-bond acceptors (Lipinski definition) is 2. The van der Waals surface area contributed by atoms with E-state index in [4.69, 9.17) is 5.73 Å². The first kappa shape index (κ1) is 9.40. The molecule has 3 N–H and O–H groups in total. The lowest BCUT2D eigenvalue weighted by molar-refractivity contribution is 0.0884. The highest BCUT2D eigenvalue weighted by Crippen LogP contribution is 2.59. The van der Waals surface area contributed by atoms with E-state index >= 15 is 0 Å². The van der Waals surface area contributed by atoms with Crippen molar-refractivity contribution in [1.82, 2.24) is 0 Å². The van der Waals surface area contributed by atoms with Gasteiger partial charge in [0.15, 0.2) is 0 Å². The Balaban J connectivity index is 2.45. The number of hydrogen-bond donors (Lipinski definition) is 2. The molecular weight excluding hydrogens is 188 g/mol. The molecule has 1 aliphatic rings. The number of aromatic hydroxyl groups is 1. The maximum Gasteiger partial charge on any atom is 0.272 e. The number of halogens is 2. The summed E-state index contributed by atoms with van der Waals surface area (Å²) < 4.78 is 25.8. The topological polar surface area (TPSA) is 46.2 Å². The van der Waals surface area contributed by atoms with Gasteiger partial charge in [-0.05, 0) is 18.6 Å². The van der Waals surface area contributed by atoms with Gasteiger partial charge in [0.25, 0.3) is 5.92 Å². The third-order valence-corrected chi connectivity index (χ3v) is 2.66. The smallest absolute Gasteiger partial charge is 0.272 e. The molecule has 0 aromatic heterocycles. The van der Waals surface area contributed by atoms with Crippen molar-refractivity contribution in [1.29, 1.82) is 0 Å². The van der Waals surface area contributed by atoms with E-state index in [-0.39, 0.29) is 11.3 Å². The summed E-state index contributed by atoms with van der Waals surface area (Å²) in [5, 5.41) is 9.49. The van der Waals surface area contributed by atoms with Crippen LogP contribution in [0.2, 0.25) is 0 Å². The van der Waals surface area contributed by atoms with Crippen LogP contribution in [0, 0.1) is 6.92 Å². The molecule has 1 aromatic rings. The van der Waals surface area contributed by atoms with Gasteiger partial charge in [0.2, 0.25) is 0 Å². The van der Waals surface area contributed by atoms with Crippen molar-refractivity contribution >= 4 is 0 Å². The second-order valence-corrected chi connectivity index (χ2v) is 3.87. The lowest BCUT2D eigenvalue weighted by Gasteiger charge is -2.12. The number of rotatable bonds is 1. The first-order valence-corrected chi connectivity index (χ1v) is 4.34. The van der Waals surface area contributed by atoms with Crippen molar-refractivity contribution in [2.75, 3.05) is 0 Å². The van der Waals surface area contributed by atoms with Crippen LogP contribution in [0.1, 0.15) is 17.5 Å². The Labute approximate surface area is 80.4 Å². The molecule has 1 aliphatic carbocycles. The van der Waals surface area contributed by atoms with E-state index in [9.17, 15) is 13.9 Å². The van der Waals surface area contributed by atoms with Gasteiger partial charge in [-0.25, -0.2) is 8.78 Å². The average molecular weight is 199 g/mol. The largest absolute Gasteiger partial charge is 0.508 e. The fourth-order valence-electron chi connectivity index (χ4n) is 1.62. The molecule has 1 aromatic carbocycles. The Morgan fingerprint density at radius 3 is 2.43 bits per heavy atom. The summed E-state index contributed by atoms with van der Waals surface area (Å²) in [5.41, 5.74) is 4.78. The van der Waals surface area contributed by atoms with Crippen LogP contribution in [0.5, 0.6) is 5.75 Å². The van der Waals surface area contributed by atoms with Gasteiger partial charge in [-0.1, -0.05) is 12.1 Å². The van der Waals surface area contributed by atoms with Crippen molar-refractivity contribution in [3.63, 3.8) is 0 Å². The number of aryl methyl sites for hydroxylation is 1. The van der Waals surface area contributed by atoms with Crippen molar-refractivity contribution in [3.05, 3.63) is 29.3 Å². The third-order valence-electron chi connectivity index (χ3n) is 2.66. The second-order valence-electron chi connectivity index (χ2n) is 3.87. The molecule has 4 heteroatoms. The van der Waals surface area contributed by atoms with Crippen molar-refractivity contribution < 1.29 is 13.9 Å². The lowest BCUT2D eigenvalue weighted by Crippen LogP contribution is -2.27. The summed E-state index contributed by atoms with van der Waals surface area (Å²) >= 11 is 0. The van der Waals surface area contributed by atoms with E-state index in [0.29, 0.717) is 0 Å². The summed E-state index contributed by atoms with van der Waals surface area (Å²) in [4.78, 5) is 0. The third kappa shape index (κ3) is 1.10. The Kier molecular flexibility index (Phi) is 1.64. The van der Waals surface area contributed by atoms with Crippen molar-refractivity contribution in [3.8, 4) is 5.75 Å². The molecule has 0 aliphatic heterocycles. The molecule has 2 rings (SSSR count). The number of nitrogens with two attached hydrogens (primary N) is 1. The van der Waals surface area contributed by atoms with Gasteiger partial charge in [0.1, 0.15) is 11.3 Å². The molecule has 0 saturated heterocycles. The van der Waals surface area contributed by atoms with Crippen LogP contribution >= 0.6 is 0 Å². The van der Waals surface area contributed by atoms with E-state index in [1.54, 1.807) is 13.0 Å². The van der Waals surface area contributed by atoms with Gasteiger partial charge in [-0.3, -0.25) is 0 Å². The number of alkyl halides is 2. The normalized spacial score (nSPS) is 28.9. The van der Waals surface area contributed by atoms with Gasteiger partial charge < -0.3 is 10.8 Å². The fraction of sp³-hybridized carbons (Fsp3) is 0.400. The summed E-state index contributed by atoms with van der Waals surface area (Å²) in [6, 6.07) is 4.57. The van der Waals surface area contributed by atoms with Crippen LogP contribution < -0.4 is 5.73 Å². The standard InChI is InChI=1S/C10H11F2NO/c1-6-2-3-7(8(14)4-6)9(13)5-10(9,11)12/h2-4,14H,5,13H2,1H3. The van der Waals surface area contributed by atoms with Crippen molar-refractivity contribution in [2.24, 2.45) is 5.73 Å². The average Bonchev–Trinajstić information content (AvgIpc) is 2.50. The molecule has 1 unspecified atom stereocenters. The van der Waals surface area contributed by atoms with Crippen LogP contribution in [0.4, 0.5) is 8.78 Å². The van der Waals surface area contributed by atoms with Crippen molar-refractivity contribution in [2.45, 2.75) is 24.8 Å². The summed E-state index contributed by atoms with van der Waals surface area (Å²) in [5.74, 6) is -3.04. The van der Waals surface area contributed by atoms with Crippen LogP contribution in [-0.4, -0.2) is 11.0 Å². The predicted molar refractivity (Wildman–Crippen MR) is 48.3 cm³/mol. The van der Waals surface area contributed by atoms with Gasteiger partial charge in [-0.15, -0.1) is 0 Å². The van der Waals surface area contributed by atoms with Crippen LogP contribution in [-0.2, 0) is 5.54 Å². The molecule has 0 heterocycles. The minimum absolute atomic E-state index is 0.133. The monoisotopic (exact) mass is 199 g/mol. The molecule has 1 atom stereocenters. The van der Waals surface area contributed by atoms with Crippen LogP contribution in [0.25, 0.3) is 0 Å². The lowest BCUT2D eigenvalue weighted by atomic mass is 10.0. The zero-order chi connectivity index (χ0) is 10.6. The Bertz CT molecular complexity index is 392. The minimum atomic E-state index is -2.89. The molecule has 0 amide bonds. The zero-order valence-corrected chi connectivity index (χ0v) is 7.72. The highest BCUT2D eigenvalue weighted by molar-refractivity contribution is 5.46.